The molecule has 0 radical (unpaired) electrons. The number of carbonyl (C=O) groups excluding carboxylic acids is 1. The van der Waals surface area contributed by atoms with Crippen LogP contribution in [-0.4, -0.2) is 68.8 Å². The minimum Gasteiger partial charge on any atom is -0.356 e. The monoisotopic (exact) mass is 470 g/mol. The molecule has 5 N–H and O–H groups in total. The van der Waals surface area contributed by atoms with Gasteiger partial charge in [-0.25, -0.2) is 4.39 Å². The van der Waals surface area contributed by atoms with Gasteiger partial charge in [-0.3, -0.25) is 15.1 Å². The van der Waals surface area contributed by atoms with E-state index in [4.69, 9.17) is 11.6 Å². The lowest BCUT2D eigenvalue weighted by Gasteiger charge is -2.42. The zero-order valence-corrected chi connectivity index (χ0v) is 20.0. The van der Waals surface area contributed by atoms with Gasteiger partial charge in [0.2, 0.25) is 5.91 Å². The molecule has 0 spiro atoms. The second-order valence-corrected chi connectivity index (χ2v) is 11.0. The van der Waals surface area contributed by atoms with Crippen molar-refractivity contribution in [3.8, 4) is 0 Å². The van der Waals surface area contributed by atoms with E-state index in [0.717, 1.165) is 77.2 Å². The maximum absolute atomic E-state index is 14.8. The molecule has 0 aromatic heterocycles. The van der Waals surface area contributed by atoms with E-state index in [2.05, 4.69) is 38.5 Å². The van der Waals surface area contributed by atoms with Crippen LogP contribution in [0, 0.1) is 29.6 Å². The number of nitrogens with zero attached hydrogens (tertiary/aromatic N) is 1. The zero-order valence-electron chi connectivity index (χ0n) is 19.2. The first-order chi connectivity index (χ1) is 15.5. The molecule has 3 aliphatic heterocycles. The average molecular weight is 471 g/mol. The highest BCUT2D eigenvalue weighted by molar-refractivity contribution is 6.20. The summed E-state index contributed by atoms with van der Waals surface area (Å²) in [7, 11) is 0. The minimum atomic E-state index is -0.973. The van der Waals surface area contributed by atoms with Gasteiger partial charge in [0, 0.05) is 49.4 Å². The highest BCUT2D eigenvalue weighted by Crippen LogP contribution is 2.42. The number of carbonyl (C=O) groups is 1. The predicted octanol–water partition coefficient (Wildman–Crippen LogP) is 1.58. The Hall–Kier alpha value is -1.12. The number of rotatable bonds is 6. The molecule has 3 fully saturated rings. The van der Waals surface area contributed by atoms with Crippen LogP contribution in [-0.2, 0) is 4.79 Å². The van der Waals surface area contributed by atoms with Crippen LogP contribution in [0.2, 0.25) is 0 Å². The molecular weight excluding hydrogens is 431 g/mol. The summed E-state index contributed by atoms with van der Waals surface area (Å²) in [5.41, 5.74) is 0. The smallest absolute Gasteiger partial charge is 0.223 e. The van der Waals surface area contributed by atoms with Crippen LogP contribution in [0.1, 0.15) is 45.4 Å². The van der Waals surface area contributed by atoms with E-state index in [1.165, 1.54) is 0 Å². The van der Waals surface area contributed by atoms with Gasteiger partial charge < -0.3 is 21.3 Å². The van der Waals surface area contributed by atoms with E-state index >= 15 is 0 Å². The molecule has 1 amide bonds. The second-order valence-electron chi connectivity index (χ2n) is 10.4. The van der Waals surface area contributed by atoms with Crippen molar-refractivity contribution in [2.24, 2.45) is 34.6 Å². The molecule has 9 heteroatoms. The van der Waals surface area contributed by atoms with Crippen LogP contribution >= 0.6 is 11.6 Å². The van der Waals surface area contributed by atoms with E-state index in [-0.39, 0.29) is 35.1 Å². The topological polar surface area (TPSA) is 89.6 Å². The van der Waals surface area contributed by atoms with Crippen LogP contribution in [0.5, 0.6) is 0 Å². The van der Waals surface area contributed by atoms with Crippen molar-refractivity contribution >= 4 is 23.5 Å². The van der Waals surface area contributed by atoms with Crippen LogP contribution in [0.25, 0.3) is 0 Å². The fourth-order valence-corrected chi connectivity index (χ4v) is 6.34. The van der Waals surface area contributed by atoms with Gasteiger partial charge in [0.1, 0.15) is 0 Å². The third kappa shape index (κ3) is 6.48. The van der Waals surface area contributed by atoms with Crippen LogP contribution < -0.4 is 26.6 Å². The third-order valence-corrected chi connectivity index (χ3v) is 8.11. The molecule has 4 rings (SSSR count). The fourth-order valence-electron chi connectivity index (χ4n) is 6.01. The summed E-state index contributed by atoms with van der Waals surface area (Å²) >= 11 is 6.30. The Morgan fingerprint density at radius 3 is 2.81 bits per heavy atom. The van der Waals surface area contributed by atoms with Gasteiger partial charge in [-0.2, -0.15) is 0 Å². The maximum Gasteiger partial charge on any atom is 0.223 e. The molecule has 1 saturated carbocycles. The number of aliphatic imine (C=N–C) groups is 1. The lowest BCUT2D eigenvalue weighted by atomic mass is 9.67. The van der Waals surface area contributed by atoms with E-state index in [0.29, 0.717) is 18.4 Å². The van der Waals surface area contributed by atoms with Crippen molar-refractivity contribution in [1.29, 1.82) is 0 Å². The van der Waals surface area contributed by atoms with Crippen molar-refractivity contribution in [2.45, 2.75) is 63.2 Å². The van der Waals surface area contributed by atoms with Gasteiger partial charge >= 0.3 is 0 Å². The molecule has 0 bridgehead atoms. The molecule has 2 saturated heterocycles. The SMILES string of the molecule is CC1CNC(F)C(C2CC(CNC3=NCCN3)CC(C(=O)NCC3CC(Cl)CCN3)C2)C1. The molecule has 4 aliphatic rings. The van der Waals surface area contributed by atoms with Crippen LogP contribution in [0.4, 0.5) is 4.39 Å². The fraction of sp³-hybridized carbons (Fsp3) is 0.913. The number of hydrogen-bond acceptors (Lipinski definition) is 6. The van der Waals surface area contributed by atoms with E-state index < -0.39 is 6.30 Å². The molecule has 0 aromatic carbocycles. The lowest BCUT2D eigenvalue weighted by molar-refractivity contribution is -0.128. The van der Waals surface area contributed by atoms with Gasteiger partial charge in [0.25, 0.3) is 0 Å². The quantitative estimate of drug-likeness (QED) is 0.300. The normalized spacial score (nSPS) is 40.3. The van der Waals surface area contributed by atoms with Crippen molar-refractivity contribution in [3.05, 3.63) is 0 Å². The number of hydrogen-bond donors (Lipinski definition) is 5. The van der Waals surface area contributed by atoms with Crippen LogP contribution in [0.15, 0.2) is 4.99 Å². The highest BCUT2D eigenvalue weighted by Gasteiger charge is 2.41. The number of alkyl halides is 2. The molecule has 8 atom stereocenters. The summed E-state index contributed by atoms with van der Waals surface area (Å²) in [6.45, 7) is 6.88. The van der Waals surface area contributed by atoms with Gasteiger partial charge in [0.05, 0.1) is 6.54 Å². The summed E-state index contributed by atoms with van der Waals surface area (Å²) in [5, 5.41) is 16.5. The summed E-state index contributed by atoms with van der Waals surface area (Å²) in [5.74, 6) is 1.89. The zero-order chi connectivity index (χ0) is 22.5. The number of amides is 1. The Bertz CT molecular complexity index is 666. The molecule has 8 unspecified atom stereocenters. The number of halogens is 2. The summed E-state index contributed by atoms with van der Waals surface area (Å²) in [4.78, 5) is 17.6. The predicted molar refractivity (Wildman–Crippen MR) is 126 cm³/mol. The molecule has 182 valence electrons. The summed E-state index contributed by atoms with van der Waals surface area (Å²) in [6, 6.07) is 0.233. The minimum absolute atomic E-state index is 0.0178. The average Bonchev–Trinajstić information content (AvgIpc) is 3.31. The number of piperidine rings is 2. The molecule has 0 aromatic rings. The van der Waals surface area contributed by atoms with E-state index in [9.17, 15) is 9.18 Å². The van der Waals surface area contributed by atoms with Crippen LogP contribution in [0.3, 0.4) is 0 Å². The molecule has 7 nitrogen and oxygen atoms in total. The first-order valence-electron chi connectivity index (χ1n) is 12.5. The summed E-state index contributed by atoms with van der Waals surface area (Å²) < 4.78 is 14.8. The second kappa shape index (κ2) is 11.3. The first-order valence-corrected chi connectivity index (χ1v) is 13.0. The lowest BCUT2D eigenvalue weighted by Crippen LogP contribution is -2.50. The Balaban J connectivity index is 1.36. The summed E-state index contributed by atoms with van der Waals surface area (Å²) in [6.07, 6.45) is 4.35. The third-order valence-electron chi connectivity index (χ3n) is 7.72. The van der Waals surface area contributed by atoms with Crippen molar-refractivity contribution in [1.82, 2.24) is 26.6 Å². The largest absolute Gasteiger partial charge is 0.356 e. The van der Waals surface area contributed by atoms with Crippen molar-refractivity contribution in [3.63, 3.8) is 0 Å². The Labute approximate surface area is 196 Å². The van der Waals surface area contributed by atoms with Crippen molar-refractivity contribution in [2.75, 3.05) is 39.3 Å². The molecule has 1 aliphatic carbocycles. The number of guanidine groups is 1. The van der Waals surface area contributed by atoms with Gasteiger partial charge in [-0.1, -0.05) is 6.92 Å². The first kappa shape index (κ1) is 24.0. The van der Waals surface area contributed by atoms with Gasteiger partial charge in [0.15, 0.2) is 12.3 Å². The number of nitrogens with one attached hydrogen (secondary N) is 5. The Morgan fingerprint density at radius 2 is 2.03 bits per heavy atom. The Morgan fingerprint density at radius 1 is 1.16 bits per heavy atom. The van der Waals surface area contributed by atoms with E-state index in [1.807, 2.05) is 0 Å². The molecule has 3 heterocycles. The Kier molecular flexibility index (Phi) is 8.51. The van der Waals surface area contributed by atoms with E-state index in [1.54, 1.807) is 0 Å². The van der Waals surface area contributed by atoms with Gasteiger partial charge in [-0.05, 0) is 62.8 Å². The van der Waals surface area contributed by atoms with Crippen molar-refractivity contribution < 1.29 is 9.18 Å². The van der Waals surface area contributed by atoms with Gasteiger partial charge in [-0.15, -0.1) is 11.6 Å². The highest BCUT2D eigenvalue weighted by atomic mass is 35.5. The molecule has 32 heavy (non-hydrogen) atoms. The standard InChI is InChI=1S/C23H40ClFN6O/c1-14-6-20(21(25)29-11-14)16-7-15(12-31-23-27-4-5-28-23)8-17(9-16)22(32)30-13-19-10-18(24)2-3-26-19/h14-21,26,29H,2-13H2,1H3,(H,30,32)(H2,27,28,31). The molecular formula is C23H40ClFN6O. The maximum atomic E-state index is 14.8.